The van der Waals surface area contributed by atoms with Gasteiger partial charge < -0.3 is 24.4 Å². The van der Waals surface area contributed by atoms with Crippen LogP contribution in [0.25, 0.3) is 0 Å². The van der Waals surface area contributed by atoms with Crippen molar-refractivity contribution in [3.8, 4) is 0 Å². The minimum atomic E-state index is -1.17. The van der Waals surface area contributed by atoms with Crippen LogP contribution in [0.4, 0.5) is 5.69 Å². The molecule has 3 fully saturated rings. The summed E-state index contributed by atoms with van der Waals surface area (Å²) in [4.78, 5) is 45.3. The molecule has 3 aliphatic rings. The first kappa shape index (κ1) is 28.0. The average Bonchev–Trinajstić information content (AvgIpc) is 3.54. The van der Waals surface area contributed by atoms with Gasteiger partial charge in [-0.1, -0.05) is 57.2 Å². The summed E-state index contributed by atoms with van der Waals surface area (Å²) in [5, 5.41) is 10.5. The number of likely N-dealkylation sites (tertiary alicyclic amines) is 1. The Bertz CT molecular complexity index is 1100. The van der Waals surface area contributed by atoms with Gasteiger partial charge in [0.2, 0.25) is 5.91 Å². The van der Waals surface area contributed by atoms with E-state index >= 15 is 0 Å². The van der Waals surface area contributed by atoms with Crippen molar-refractivity contribution in [2.75, 3.05) is 24.7 Å². The van der Waals surface area contributed by atoms with Gasteiger partial charge in [-0.05, 0) is 43.7 Å². The number of rotatable bonds is 11. The van der Waals surface area contributed by atoms with Crippen molar-refractivity contribution in [3.63, 3.8) is 0 Å². The van der Waals surface area contributed by atoms with Crippen LogP contribution in [0.3, 0.4) is 0 Å². The number of carbonyl (C=O) groups is 3. The molecule has 3 saturated heterocycles. The van der Waals surface area contributed by atoms with E-state index < -0.39 is 41.6 Å². The average molecular weight is 525 g/mol. The van der Waals surface area contributed by atoms with Crippen LogP contribution in [0.2, 0.25) is 0 Å². The predicted molar refractivity (Wildman–Crippen MR) is 144 cm³/mol. The number of nitrogens with zero attached hydrogens (tertiary/aromatic N) is 2. The second-order valence-electron chi connectivity index (χ2n) is 10.8. The van der Waals surface area contributed by atoms with E-state index in [1.807, 2.05) is 45.9 Å². The number of amides is 2. The van der Waals surface area contributed by atoms with E-state index in [0.717, 1.165) is 16.8 Å². The maximum atomic E-state index is 14.7. The molecule has 3 heterocycles. The molecule has 7 atom stereocenters. The van der Waals surface area contributed by atoms with Crippen LogP contribution < -0.4 is 4.90 Å². The maximum Gasteiger partial charge on any atom is 0.312 e. The minimum Gasteiger partial charge on any atom is -0.461 e. The summed E-state index contributed by atoms with van der Waals surface area (Å²) in [6, 6.07) is 4.24. The standard InChI is InChI=1S/C30H40N2O6/c1-7-15-31(25-19(5)11-10-12-20(25)6)28(35)26-30-14-13-22(38-30)23(29(36)37-16-8-2)24(30)27(34)32(26)21(17-33)18(4)9-3/h7-8,10-12,18,21-24,26,33H,1-2,9,13-17H2,3-6H3/t18-,21-,22+,23-,24-,26?,30?/m0/s1. The van der Waals surface area contributed by atoms with Crippen molar-refractivity contribution in [2.45, 2.75) is 70.7 Å². The van der Waals surface area contributed by atoms with E-state index in [2.05, 4.69) is 13.2 Å². The van der Waals surface area contributed by atoms with Gasteiger partial charge in [-0.25, -0.2) is 0 Å². The van der Waals surface area contributed by atoms with Crippen LogP contribution >= 0.6 is 0 Å². The van der Waals surface area contributed by atoms with E-state index in [1.165, 1.54) is 6.08 Å². The molecule has 8 heteroatoms. The molecular formula is C30H40N2O6. The molecule has 206 valence electrons. The van der Waals surface area contributed by atoms with Crippen molar-refractivity contribution in [3.05, 3.63) is 54.6 Å². The Morgan fingerprint density at radius 2 is 1.97 bits per heavy atom. The normalized spacial score (nSPS) is 29.1. The van der Waals surface area contributed by atoms with Gasteiger partial charge in [0, 0.05) is 12.2 Å². The number of para-hydroxylation sites is 1. The zero-order valence-electron chi connectivity index (χ0n) is 22.9. The fourth-order valence-corrected chi connectivity index (χ4v) is 6.85. The molecule has 38 heavy (non-hydrogen) atoms. The largest absolute Gasteiger partial charge is 0.461 e. The molecule has 0 radical (unpaired) electrons. The summed E-state index contributed by atoms with van der Waals surface area (Å²) in [5.74, 6) is -2.86. The quantitative estimate of drug-likeness (QED) is 0.352. The van der Waals surface area contributed by atoms with Crippen molar-refractivity contribution in [1.82, 2.24) is 4.90 Å². The van der Waals surface area contributed by atoms with Crippen LogP contribution in [0.15, 0.2) is 43.5 Å². The Labute approximate surface area is 225 Å². The van der Waals surface area contributed by atoms with Gasteiger partial charge in [-0.2, -0.15) is 0 Å². The molecule has 1 aromatic carbocycles. The van der Waals surface area contributed by atoms with Gasteiger partial charge in [0.1, 0.15) is 18.2 Å². The van der Waals surface area contributed by atoms with Crippen molar-refractivity contribution in [2.24, 2.45) is 17.8 Å². The van der Waals surface area contributed by atoms with E-state index in [-0.39, 0.29) is 37.5 Å². The highest BCUT2D eigenvalue weighted by Gasteiger charge is 2.75. The first-order chi connectivity index (χ1) is 18.2. The van der Waals surface area contributed by atoms with Crippen LogP contribution in [0.1, 0.15) is 44.2 Å². The summed E-state index contributed by atoms with van der Waals surface area (Å²) < 4.78 is 11.9. The topological polar surface area (TPSA) is 96.4 Å². The minimum absolute atomic E-state index is 0.0356. The SMILES string of the molecule is C=CCOC(=O)[C@@H]1[C@H]2C(=O)N([C@@H](CO)[C@@H](C)CC)C(C(=O)N(CC=C)c3c(C)cccc3C)C23CC[C@H]1O3. The lowest BCUT2D eigenvalue weighted by Gasteiger charge is -2.41. The number of esters is 1. The highest BCUT2D eigenvalue weighted by atomic mass is 16.6. The van der Waals surface area contributed by atoms with Crippen molar-refractivity contribution < 1.29 is 29.0 Å². The highest BCUT2D eigenvalue weighted by molar-refractivity contribution is 6.05. The number of anilines is 1. The summed E-state index contributed by atoms with van der Waals surface area (Å²) in [5.41, 5.74) is 1.44. The number of fused-ring (bicyclic) bond motifs is 1. The molecule has 3 aliphatic heterocycles. The number of aliphatic hydroxyl groups is 1. The monoisotopic (exact) mass is 524 g/mol. The van der Waals surface area contributed by atoms with E-state index in [1.54, 1.807) is 15.9 Å². The van der Waals surface area contributed by atoms with Crippen LogP contribution in [0.5, 0.6) is 0 Å². The van der Waals surface area contributed by atoms with Crippen molar-refractivity contribution in [1.29, 1.82) is 0 Å². The fourth-order valence-electron chi connectivity index (χ4n) is 6.85. The third-order valence-electron chi connectivity index (χ3n) is 8.72. The fraction of sp³-hybridized carbons (Fsp3) is 0.567. The molecule has 8 nitrogen and oxygen atoms in total. The second kappa shape index (κ2) is 11.0. The molecule has 0 aliphatic carbocycles. The molecule has 1 N–H and O–H groups in total. The van der Waals surface area contributed by atoms with Gasteiger partial charge in [0.15, 0.2) is 0 Å². The van der Waals surface area contributed by atoms with Crippen LogP contribution in [0, 0.1) is 31.6 Å². The zero-order valence-corrected chi connectivity index (χ0v) is 22.9. The summed E-state index contributed by atoms with van der Waals surface area (Å²) in [6.07, 6.45) is 4.38. The Morgan fingerprint density at radius 1 is 1.29 bits per heavy atom. The Hall–Kier alpha value is -2.97. The number of hydrogen-bond acceptors (Lipinski definition) is 6. The lowest BCUT2D eigenvalue weighted by atomic mass is 9.70. The first-order valence-corrected chi connectivity index (χ1v) is 13.5. The van der Waals surface area contributed by atoms with E-state index in [9.17, 15) is 19.5 Å². The van der Waals surface area contributed by atoms with Gasteiger partial charge in [0.25, 0.3) is 5.91 Å². The number of hydrogen-bond donors (Lipinski definition) is 1. The summed E-state index contributed by atoms with van der Waals surface area (Å²) in [7, 11) is 0. The number of benzene rings is 1. The van der Waals surface area contributed by atoms with E-state index in [4.69, 9.17) is 9.47 Å². The molecule has 1 aromatic rings. The lowest BCUT2D eigenvalue weighted by Crippen LogP contribution is -2.60. The van der Waals surface area contributed by atoms with Gasteiger partial charge >= 0.3 is 5.97 Å². The molecule has 2 unspecified atom stereocenters. The molecule has 4 rings (SSSR count). The number of ether oxygens (including phenoxy) is 2. The Balaban J connectivity index is 1.86. The van der Waals surface area contributed by atoms with Gasteiger partial charge in [-0.15, -0.1) is 6.58 Å². The number of aryl methyl sites for hydroxylation is 2. The molecule has 2 amide bonds. The third kappa shape index (κ3) is 4.28. The molecular weight excluding hydrogens is 484 g/mol. The number of aliphatic hydroxyl groups excluding tert-OH is 1. The summed E-state index contributed by atoms with van der Waals surface area (Å²) >= 11 is 0. The molecule has 2 bridgehead atoms. The maximum absolute atomic E-state index is 14.7. The highest BCUT2D eigenvalue weighted by Crippen LogP contribution is 2.59. The lowest BCUT2D eigenvalue weighted by molar-refractivity contribution is -0.155. The molecule has 0 aromatic heterocycles. The molecule has 1 spiro atoms. The Morgan fingerprint density at radius 3 is 2.55 bits per heavy atom. The van der Waals surface area contributed by atoms with Gasteiger partial charge in [0.05, 0.1) is 30.6 Å². The van der Waals surface area contributed by atoms with Crippen molar-refractivity contribution >= 4 is 23.5 Å². The Kier molecular flexibility index (Phi) is 8.14. The van der Waals surface area contributed by atoms with E-state index in [0.29, 0.717) is 19.3 Å². The van der Waals surface area contributed by atoms with Gasteiger partial charge in [-0.3, -0.25) is 14.4 Å². The third-order valence-corrected chi connectivity index (χ3v) is 8.72. The van der Waals surface area contributed by atoms with Crippen LogP contribution in [-0.4, -0.2) is 71.3 Å². The van der Waals surface area contributed by atoms with Crippen LogP contribution in [-0.2, 0) is 23.9 Å². The predicted octanol–water partition coefficient (Wildman–Crippen LogP) is 3.33. The number of carbonyl (C=O) groups excluding carboxylic acids is 3. The first-order valence-electron chi connectivity index (χ1n) is 13.5. The second-order valence-corrected chi connectivity index (χ2v) is 10.8. The summed E-state index contributed by atoms with van der Waals surface area (Å²) in [6.45, 7) is 15.3. The smallest absolute Gasteiger partial charge is 0.312 e. The zero-order chi connectivity index (χ0) is 27.8. The molecule has 0 saturated carbocycles.